The molecule has 0 saturated heterocycles. The molecule has 0 aliphatic rings. The lowest BCUT2D eigenvalue weighted by atomic mass is 9.90. The van der Waals surface area contributed by atoms with Gasteiger partial charge in [-0.3, -0.25) is 4.79 Å². The Morgan fingerprint density at radius 1 is 1.44 bits per heavy atom. The fourth-order valence-electron chi connectivity index (χ4n) is 1.61. The van der Waals surface area contributed by atoms with Crippen molar-refractivity contribution in [2.45, 2.75) is 12.5 Å². The fraction of sp³-hybridized carbons (Fsp3) is 0.417. The molecular weight excluding hydrogens is 204 g/mol. The number of nitrogens with one attached hydrogen (secondary N) is 1. The lowest BCUT2D eigenvalue weighted by Crippen LogP contribution is -2.54. The summed E-state index contributed by atoms with van der Waals surface area (Å²) in [6.07, 6.45) is 0. The smallest absolute Gasteiger partial charge is 0.244 e. The first-order chi connectivity index (χ1) is 7.67. The highest BCUT2D eigenvalue weighted by Gasteiger charge is 2.37. The van der Waals surface area contributed by atoms with E-state index in [9.17, 15) is 4.79 Å². The van der Waals surface area contributed by atoms with Crippen LogP contribution in [0.2, 0.25) is 0 Å². The molecule has 4 nitrogen and oxygen atoms in total. The maximum Gasteiger partial charge on any atom is 0.244 e. The number of carbonyl (C=O) groups excluding carboxylic acids is 1. The van der Waals surface area contributed by atoms with E-state index in [1.165, 1.54) is 0 Å². The van der Waals surface area contributed by atoms with Crippen molar-refractivity contribution in [1.29, 1.82) is 0 Å². The Bertz CT molecular complexity index is 340. The molecule has 0 radical (unpaired) electrons. The summed E-state index contributed by atoms with van der Waals surface area (Å²) in [6, 6.07) is 9.36. The number of nitrogens with two attached hydrogens (primary N) is 1. The predicted molar refractivity (Wildman–Crippen MR) is 62.9 cm³/mol. The van der Waals surface area contributed by atoms with E-state index in [0.29, 0.717) is 6.61 Å². The van der Waals surface area contributed by atoms with Gasteiger partial charge in [-0.15, -0.1) is 0 Å². The van der Waals surface area contributed by atoms with E-state index in [1.807, 2.05) is 37.3 Å². The second-order valence-electron chi connectivity index (χ2n) is 3.52. The summed E-state index contributed by atoms with van der Waals surface area (Å²) in [4.78, 5) is 11.6. The minimum absolute atomic E-state index is 0.235. The van der Waals surface area contributed by atoms with Crippen molar-refractivity contribution in [3.63, 3.8) is 0 Å². The van der Waals surface area contributed by atoms with E-state index in [1.54, 1.807) is 7.05 Å². The number of likely N-dealkylation sites (N-methyl/N-ethyl adjacent to an activating group) is 1. The van der Waals surface area contributed by atoms with Gasteiger partial charge in [0.2, 0.25) is 5.91 Å². The van der Waals surface area contributed by atoms with Gasteiger partial charge < -0.3 is 15.8 Å². The zero-order valence-electron chi connectivity index (χ0n) is 9.69. The van der Waals surface area contributed by atoms with Crippen molar-refractivity contribution in [3.05, 3.63) is 35.9 Å². The van der Waals surface area contributed by atoms with Gasteiger partial charge >= 0.3 is 0 Å². The van der Waals surface area contributed by atoms with Crippen LogP contribution in [0.4, 0.5) is 0 Å². The lowest BCUT2D eigenvalue weighted by Gasteiger charge is -2.30. The number of benzene rings is 1. The molecule has 0 spiro atoms. The summed E-state index contributed by atoms with van der Waals surface area (Å²) in [5.74, 6) is -0.436. The summed E-state index contributed by atoms with van der Waals surface area (Å²) in [5.41, 5.74) is 5.34. The SMILES string of the molecule is CCOCC(NC)(C(N)=O)c1ccccc1. The molecule has 1 amide bonds. The Kier molecular flexibility index (Phi) is 4.46. The number of hydrogen-bond acceptors (Lipinski definition) is 3. The van der Waals surface area contributed by atoms with Crippen LogP contribution in [0.5, 0.6) is 0 Å². The third-order valence-electron chi connectivity index (χ3n) is 2.64. The van der Waals surface area contributed by atoms with E-state index in [0.717, 1.165) is 5.56 Å². The number of amides is 1. The van der Waals surface area contributed by atoms with Crippen LogP contribution in [-0.2, 0) is 15.1 Å². The average Bonchev–Trinajstić information content (AvgIpc) is 2.31. The molecule has 0 aliphatic carbocycles. The Morgan fingerprint density at radius 2 is 2.06 bits per heavy atom. The fourth-order valence-corrected chi connectivity index (χ4v) is 1.61. The van der Waals surface area contributed by atoms with Gasteiger partial charge in [-0.25, -0.2) is 0 Å². The summed E-state index contributed by atoms with van der Waals surface area (Å²) >= 11 is 0. The molecule has 4 heteroatoms. The standard InChI is InChI=1S/C12H18N2O2/c1-3-16-9-12(14-2,11(13)15)10-7-5-4-6-8-10/h4-8,14H,3,9H2,1-2H3,(H2,13,15). The van der Waals surface area contributed by atoms with Gasteiger partial charge in [0, 0.05) is 6.61 Å². The summed E-state index contributed by atoms with van der Waals surface area (Å²) in [6.45, 7) is 2.66. The minimum atomic E-state index is -0.947. The molecule has 0 saturated carbocycles. The van der Waals surface area contributed by atoms with Crippen LogP contribution in [0, 0.1) is 0 Å². The number of rotatable bonds is 6. The van der Waals surface area contributed by atoms with Crippen LogP contribution < -0.4 is 11.1 Å². The van der Waals surface area contributed by atoms with E-state index >= 15 is 0 Å². The third kappa shape index (κ3) is 2.40. The van der Waals surface area contributed by atoms with Gasteiger partial charge in [0.05, 0.1) is 6.61 Å². The first-order valence-corrected chi connectivity index (χ1v) is 5.29. The lowest BCUT2D eigenvalue weighted by molar-refractivity contribution is -0.127. The zero-order chi connectivity index (χ0) is 12.0. The van der Waals surface area contributed by atoms with Crippen LogP contribution in [0.25, 0.3) is 0 Å². The van der Waals surface area contributed by atoms with Gasteiger partial charge in [-0.2, -0.15) is 0 Å². The number of hydrogen-bond donors (Lipinski definition) is 2. The zero-order valence-corrected chi connectivity index (χ0v) is 9.69. The summed E-state index contributed by atoms with van der Waals surface area (Å²) < 4.78 is 5.34. The van der Waals surface area contributed by atoms with Crippen molar-refractivity contribution in [3.8, 4) is 0 Å². The number of primary amides is 1. The minimum Gasteiger partial charge on any atom is -0.379 e. The van der Waals surface area contributed by atoms with Gasteiger partial charge in [0.15, 0.2) is 0 Å². The Morgan fingerprint density at radius 3 is 2.50 bits per heavy atom. The van der Waals surface area contributed by atoms with Gasteiger partial charge in [0.1, 0.15) is 5.54 Å². The first kappa shape index (κ1) is 12.7. The van der Waals surface area contributed by atoms with Gasteiger partial charge in [-0.05, 0) is 19.5 Å². The van der Waals surface area contributed by atoms with Crippen molar-refractivity contribution in [1.82, 2.24) is 5.32 Å². The van der Waals surface area contributed by atoms with Crippen LogP contribution in [0.15, 0.2) is 30.3 Å². The van der Waals surface area contributed by atoms with Crippen LogP contribution in [-0.4, -0.2) is 26.2 Å². The van der Waals surface area contributed by atoms with Crippen LogP contribution in [0.1, 0.15) is 12.5 Å². The Hall–Kier alpha value is -1.39. The van der Waals surface area contributed by atoms with Gasteiger partial charge in [-0.1, -0.05) is 30.3 Å². The third-order valence-corrected chi connectivity index (χ3v) is 2.64. The molecule has 0 aliphatic heterocycles. The molecular formula is C12H18N2O2. The largest absolute Gasteiger partial charge is 0.379 e. The van der Waals surface area contributed by atoms with E-state index < -0.39 is 11.4 Å². The normalized spacial score (nSPS) is 14.4. The highest BCUT2D eigenvalue weighted by atomic mass is 16.5. The second kappa shape index (κ2) is 5.63. The second-order valence-corrected chi connectivity index (χ2v) is 3.52. The maximum atomic E-state index is 11.6. The molecule has 88 valence electrons. The van der Waals surface area contributed by atoms with Crippen LogP contribution >= 0.6 is 0 Å². The molecule has 3 N–H and O–H groups in total. The number of ether oxygens (including phenoxy) is 1. The molecule has 0 aromatic heterocycles. The first-order valence-electron chi connectivity index (χ1n) is 5.29. The van der Waals surface area contributed by atoms with Crippen LogP contribution in [0.3, 0.4) is 0 Å². The molecule has 1 unspecified atom stereocenters. The molecule has 0 fully saturated rings. The summed E-state index contributed by atoms with van der Waals surface area (Å²) in [5, 5.41) is 2.97. The molecule has 0 heterocycles. The van der Waals surface area contributed by atoms with E-state index in [4.69, 9.17) is 10.5 Å². The van der Waals surface area contributed by atoms with Crippen molar-refractivity contribution < 1.29 is 9.53 Å². The molecule has 1 rings (SSSR count). The van der Waals surface area contributed by atoms with E-state index in [-0.39, 0.29) is 6.61 Å². The van der Waals surface area contributed by atoms with Crippen molar-refractivity contribution >= 4 is 5.91 Å². The monoisotopic (exact) mass is 222 g/mol. The summed E-state index contributed by atoms with van der Waals surface area (Å²) in [7, 11) is 1.71. The van der Waals surface area contributed by atoms with Gasteiger partial charge in [0.25, 0.3) is 0 Å². The average molecular weight is 222 g/mol. The predicted octanol–water partition coefficient (Wildman–Crippen LogP) is 0.623. The number of carbonyl (C=O) groups is 1. The van der Waals surface area contributed by atoms with Crippen molar-refractivity contribution in [2.75, 3.05) is 20.3 Å². The molecule has 1 aromatic carbocycles. The topological polar surface area (TPSA) is 64.3 Å². The maximum absolute atomic E-state index is 11.6. The molecule has 0 bridgehead atoms. The molecule has 1 atom stereocenters. The molecule has 1 aromatic rings. The Labute approximate surface area is 95.8 Å². The van der Waals surface area contributed by atoms with Crippen molar-refractivity contribution in [2.24, 2.45) is 5.73 Å². The quantitative estimate of drug-likeness (QED) is 0.741. The van der Waals surface area contributed by atoms with E-state index in [2.05, 4.69) is 5.32 Å². The highest BCUT2D eigenvalue weighted by Crippen LogP contribution is 2.20. The molecule has 16 heavy (non-hydrogen) atoms. The Balaban J connectivity index is 3.07. The highest BCUT2D eigenvalue weighted by molar-refractivity contribution is 5.86.